The maximum atomic E-state index is 13.9. The zero-order chi connectivity index (χ0) is 33.2. The van der Waals surface area contributed by atoms with Crippen LogP contribution in [0.2, 0.25) is 0 Å². The summed E-state index contributed by atoms with van der Waals surface area (Å²) in [5.41, 5.74) is 2.80. The Balaban J connectivity index is 1.42. The summed E-state index contributed by atoms with van der Waals surface area (Å²) in [6.07, 6.45) is 0.755. The van der Waals surface area contributed by atoms with Gasteiger partial charge in [0.1, 0.15) is 0 Å². The van der Waals surface area contributed by atoms with Crippen molar-refractivity contribution in [1.82, 2.24) is 9.80 Å². The number of nitrogens with zero attached hydrogens (tertiary/aromatic N) is 4. The first-order valence-corrected chi connectivity index (χ1v) is 17.0. The Morgan fingerprint density at radius 1 is 1.18 bits per heavy atom. The number of rotatable bonds is 11. The summed E-state index contributed by atoms with van der Waals surface area (Å²) in [6, 6.07) is 5.28. The van der Waals surface area contributed by atoms with E-state index in [1.165, 1.54) is 12.0 Å². The molecule has 0 saturated carbocycles. The standard InChI is InChI=1S/C32H45F2N5O5S/c1-7-35-29-25(9-8-10-26(29)30(41)39-16-13-32(33,34)20-39)21(2)37-31(4,5)19-38-14-11-24(12-15-38)45(42,43)27-17-23(36-22(27)3)18-28(40)44-6/h8-10,24,35H,7,11-20H2,1-6H3. The molecule has 3 aliphatic rings. The van der Waals surface area contributed by atoms with Gasteiger partial charge < -0.3 is 19.9 Å². The van der Waals surface area contributed by atoms with Crippen LogP contribution in [0.4, 0.5) is 14.5 Å². The number of aliphatic imine (C=N–C) groups is 2. The number of carbonyl (C=O) groups is 2. The Hall–Kier alpha value is -3.19. The van der Waals surface area contributed by atoms with Gasteiger partial charge in [0, 0.05) is 49.5 Å². The number of sulfone groups is 1. The predicted octanol–water partition coefficient (Wildman–Crippen LogP) is 4.71. The van der Waals surface area contributed by atoms with Crippen molar-refractivity contribution in [3.05, 3.63) is 39.9 Å². The monoisotopic (exact) mass is 649 g/mol. The van der Waals surface area contributed by atoms with Gasteiger partial charge in [-0.25, -0.2) is 17.2 Å². The molecule has 3 aliphatic heterocycles. The first-order chi connectivity index (χ1) is 21.1. The van der Waals surface area contributed by atoms with Gasteiger partial charge in [0.25, 0.3) is 11.8 Å². The molecule has 0 aliphatic carbocycles. The van der Waals surface area contributed by atoms with E-state index in [1.54, 1.807) is 19.1 Å². The molecule has 1 aromatic rings. The van der Waals surface area contributed by atoms with E-state index in [1.807, 2.05) is 33.8 Å². The zero-order valence-corrected chi connectivity index (χ0v) is 27.9. The molecular formula is C32H45F2N5O5S. The molecule has 0 bridgehead atoms. The second-order valence-electron chi connectivity index (χ2n) is 12.7. The number of nitrogens with one attached hydrogen (secondary N) is 1. The number of likely N-dealkylation sites (tertiary alicyclic amines) is 2. The minimum absolute atomic E-state index is 0.0150. The molecule has 3 heterocycles. The van der Waals surface area contributed by atoms with Crippen LogP contribution < -0.4 is 5.32 Å². The summed E-state index contributed by atoms with van der Waals surface area (Å²) in [6.45, 7) is 11.3. The number of anilines is 1. The van der Waals surface area contributed by atoms with Gasteiger partial charge in [-0.05, 0) is 66.6 Å². The summed E-state index contributed by atoms with van der Waals surface area (Å²) >= 11 is 0. The van der Waals surface area contributed by atoms with Gasteiger partial charge >= 0.3 is 5.97 Å². The largest absolute Gasteiger partial charge is 0.469 e. The number of benzene rings is 1. The van der Waals surface area contributed by atoms with Gasteiger partial charge in [0.2, 0.25) is 0 Å². The first-order valence-electron chi connectivity index (χ1n) is 15.5. The van der Waals surface area contributed by atoms with Crippen LogP contribution >= 0.6 is 0 Å². The van der Waals surface area contributed by atoms with E-state index in [2.05, 4.69) is 15.2 Å². The van der Waals surface area contributed by atoms with Gasteiger partial charge in [0.05, 0.1) is 52.7 Å². The van der Waals surface area contributed by atoms with E-state index in [0.717, 1.165) is 5.56 Å². The lowest BCUT2D eigenvalue weighted by atomic mass is 9.99. The van der Waals surface area contributed by atoms with Crippen molar-refractivity contribution in [2.75, 3.05) is 51.7 Å². The van der Waals surface area contributed by atoms with Crippen molar-refractivity contribution >= 4 is 38.8 Å². The number of carbonyl (C=O) groups excluding carboxylic acids is 2. The highest BCUT2D eigenvalue weighted by molar-refractivity contribution is 7.95. The number of ether oxygens (including phenoxy) is 1. The Labute approximate surface area is 264 Å². The van der Waals surface area contributed by atoms with Crippen LogP contribution in [0.3, 0.4) is 0 Å². The third-order valence-corrected chi connectivity index (χ3v) is 11.0. The Kier molecular flexibility index (Phi) is 10.5. The molecule has 1 aromatic carbocycles. The van der Waals surface area contributed by atoms with Crippen molar-refractivity contribution in [1.29, 1.82) is 0 Å². The van der Waals surface area contributed by atoms with Gasteiger partial charge in [-0.2, -0.15) is 0 Å². The summed E-state index contributed by atoms with van der Waals surface area (Å²) < 4.78 is 59.4. The minimum atomic E-state index is -3.56. The van der Waals surface area contributed by atoms with Crippen LogP contribution in [0.15, 0.2) is 38.8 Å². The van der Waals surface area contributed by atoms with Gasteiger partial charge in [-0.1, -0.05) is 12.1 Å². The molecule has 1 amide bonds. The summed E-state index contributed by atoms with van der Waals surface area (Å²) in [5, 5.41) is 2.74. The number of para-hydroxylation sites is 1. The first kappa shape index (κ1) is 34.7. The fraction of sp³-hybridized carbons (Fsp3) is 0.625. The molecule has 0 spiro atoms. The minimum Gasteiger partial charge on any atom is -0.469 e. The van der Waals surface area contributed by atoms with Crippen LogP contribution in [0.5, 0.6) is 0 Å². The van der Waals surface area contributed by atoms with E-state index in [0.29, 0.717) is 72.3 Å². The lowest BCUT2D eigenvalue weighted by molar-refractivity contribution is -0.139. The van der Waals surface area contributed by atoms with E-state index in [-0.39, 0.29) is 25.8 Å². The highest BCUT2D eigenvalue weighted by atomic mass is 32.2. The molecule has 0 radical (unpaired) electrons. The molecular weight excluding hydrogens is 604 g/mol. The lowest BCUT2D eigenvalue weighted by Gasteiger charge is -2.36. The number of piperidine rings is 1. The van der Waals surface area contributed by atoms with Gasteiger partial charge in [-0.15, -0.1) is 0 Å². The number of hydrogen-bond acceptors (Lipinski definition) is 9. The van der Waals surface area contributed by atoms with Gasteiger partial charge in [-0.3, -0.25) is 19.6 Å². The van der Waals surface area contributed by atoms with E-state index in [9.17, 15) is 26.8 Å². The normalized spacial score (nSPS) is 20.0. The molecule has 45 heavy (non-hydrogen) atoms. The zero-order valence-electron chi connectivity index (χ0n) is 27.1. The summed E-state index contributed by atoms with van der Waals surface area (Å²) in [5.74, 6) is -3.74. The van der Waals surface area contributed by atoms with E-state index < -0.39 is 45.0 Å². The smallest absolute Gasteiger partial charge is 0.311 e. The van der Waals surface area contributed by atoms with Crippen LogP contribution in [0.1, 0.15) is 82.6 Å². The van der Waals surface area contributed by atoms with Crippen LogP contribution in [0.25, 0.3) is 0 Å². The van der Waals surface area contributed by atoms with Crippen molar-refractivity contribution in [3.63, 3.8) is 0 Å². The summed E-state index contributed by atoms with van der Waals surface area (Å²) in [4.78, 5) is 38.0. The molecule has 13 heteroatoms. The second-order valence-corrected chi connectivity index (χ2v) is 15.0. The number of esters is 1. The number of halogens is 2. The Morgan fingerprint density at radius 2 is 1.84 bits per heavy atom. The molecule has 248 valence electrons. The maximum absolute atomic E-state index is 13.9. The van der Waals surface area contributed by atoms with E-state index >= 15 is 0 Å². The molecule has 10 nitrogen and oxygen atoms in total. The van der Waals surface area contributed by atoms with E-state index in [4.69, 9.17) is 9.73 Å². The highest BCUT2D eigenvalue weighted by Crippen LogP contribution is 2.34. The average molecular weight is 650 g/mol. The molecule has 0 aromatic heterocycles. The third kappa shape index (κ3) is 8.16. The van der Waals surface area contributed by atoms with Crippen LogP contribution in [-0.4, -0.2) is 105 Å². The molecule has 0 unspecified atom stereocenters. The Morgan fingerprint density at radius 3 is 2.44 bits per heavy atom. The highest BCUT2D eigenvalue weighted by Gasteiger charge is 2.41. The van der Waals surface area contributed by atoms with Crippen LogP contribution in [-0.2, 0) is 19.4 Å². The lowest BCUT2D eigenvalue weighted by Crippen LogP contribution is -2.45. The number of methoxy groups -OCH3 is 1. The number of hydrogen-bond donors (Lipinski definition) is 1. The second kappa shape index (κ2) is 13.7. The average Bonchev–Trinajstić information content (AvgIpc) is 3.53. The molecule has 1 N–H and O–H groups in total. The fourth-order valence-electron chi connectivity index (χ4n) is 6.45. The Bertz CT molecular complexity index is 1510. The molecule has 2 saturated heterocycles. The molecule has 4 rings (SSSR count). The quantitative estimate of drug-likeness (QED) is 0.273. The topological polar surface area (TPSA) is 121 Å². The SMILES string of the molecule is CCNc1c(C(=O)N2CCC(F)(F)C2)cccc1C(C)=NC(C)(C)CN1CCC(S(=O)(=O)C2=C(C)N=C(CC(=O)OC)C2)CC1. The summed E-state index contributed by atoms with van der Waals surface area (Å²) in [7, 11) is -2.27. The number of allylic oxidation sites excluding steroid dienone is 2. The van der Waals surface area contributed by atoms with Crippen molar-refractivity contribution in [2.24, 2.45) is 9.98 Å². The fourth-order valence-corrected chi connectivity index (χ4v) is 8.51. The predicted molar refractivity (Wildman–Crippen MR) is 172 cm³/mol. The van der Waals surface area contributed by atoms with Gasteiger partial charge in [0.15, 0.2) is 9.84 Å². The van der Waals surface area contributed by atoms with Crippen molar-refractivity contribution < 1.29 is 31.5 Å². The van der Waals surface area contributed by atoms with Crippen LogP contribution in [0, 0.1) is 0 Å². The number of amides is 1. The van der Waals surface area contributed by atoms with Crippen molar-refractivity contribution in [3.8, 4) is 0 Å². The molecule has 0 atom stereocenters. The number of alkyl halides is 2. The molecule has 2 fully saturated rings. The maximum Gasteiger partial charge on any atom is 0.311 e. The van der Waals surface area contributed by atoms with Crippen molar-refractivity contribution in [2.45, 2.75) is 83.4 Å². The third-order valence-electron chi connectivity index (χ3n) is 8.56.